The molecule has 98 valence electrons. The highest BCUT2D eigenvalue weighted by atomic mass is 127. The van der Waals surface area contributed by atoms with Crippen molar-refractivity contribution in [3.05, 3.63) is 27.8 Å². The van der Waals surface area contributed by atoms with Gasteiger partial charge in [-0.2, -0.15) is 0 Å². The second kappa shape index (κ2) is 6.97. The van der Waals surface area contributed by atoms with E-state index in [0.29, 0.717) is 0 Å². The Morgan fingerprint density at radius 3 is 2.33 bits per heavy atom. The lowest BCUT2D eigenvalue weighted by atomic mass is 10.2. The van der Waals surface area contributed by atoms with Gasteiger partial charge in [0.2, 0.25) is 0 Å². The number of halogens is 1. The lowest BCUT2D eigenvalue weighted by Gasteiger charge is -2.20. The minimum Gasteiger partial charge on any atom is -0.484 e. The van der Waals surface area contributed by atoms with Crippen LogP contribution in [0.4, 0.5) is 0 Å². The average Bonchev–Trinajstić information content (AvgIpc) is 2.66. The molecule has 0 saturated carbocycles. The molecule has 1 aliphatic rings. The van der Waals surface area contributed by atoms with Gasteiger partial charge in [-0.25, -0.2) is 0 Å². The first kappa shape index (κ1) is 13.6. The van der Waals surface area contributed by atoms with Crippen LogP contribution < -0.4 is 4.74 Å². The summed E-state index contributed by atoms with van der Waals surface area (Å²) in [5.74, 6) is 0.869. The van der Waals surface area contributed by atoms with E-state index in [1.807, 2.05) is 29.2 Å². The molecule has 0 bridgehead atoms. The number of rotatable bonds is 3. The monoisotopic (exact) mass is 359 g/mol. The standard InChI is InChI=1S/C14H18INO2/c15-12-5-7-13(8-6-12)18-11-14(17)16-9-3-1-2-4-10-16/h5-8H,1-4,9-11H2. The smallest absolute Gasteiger partial charge is 0.260 e. The van der Waals surface area contributed by atoms with Gasteiger partial charge in [-0.15, -0.1) is 0 Å². The van der Waals surface area contributed by atoms with Gasteiger partial charge in [0.15, 0.2) is 6.61 Å². The largest absolute Gasteiger partial charge is 0.484 e. The van der Waals surface area contributed by atoms with Crippen LogP contribution in [0.25, 0.3) is 0 Å². The van der Waals surface area contributed by atoms with Crippen molar-refractivity contribution in [3.63, 3.8) is 0 Å². The fraction of sp³-hybridized carbons (Fsp3) is 0.500. The fourth-order valence-corrected chi connectivity index (χ4v) is 2.45. The second-order valence-electron chi connectivity index (χ2n) is 4.54. The van der Waals surface area contributed by atoms with Crippen LogP contribution in [0.5, 0.6) is 5.75 Å². The maximum atomic E-state index is 12.0. The highest BCUT2D eigenvalue weighted by Crippen LogP contribution is 2.14. The number of nitrogens with zero attached hydrogens (tertiary/aromatic N) is 1. The van der Waals surface area contributed by atoms with Gasteiger partial charge in [0.25, 0.3) is 5.91 Å². The van der Waals surface area contributed by atoms with Crippen molar-refractivity contribution in [1.29, 1.82) is 0 Å². The van der Waals surface area contributed by atoms with E-state index >= 15 is 0 Å². The first-order chi connectivity index (χ1) is 8.75. The van der Waals surface area contributed by atoms with Crippen molar-refractivity contribution < 1.29 is 9.53 Å². The van der Waals surface area contributed by atoms with E-state index in [-0.39, 0.29) is 12.5 Å². The normalized spacial score (nSPS) is 16.2. The number of ether oxygens (including phenoxy) is 1. The Labute approximate surface area is 122 Å². The van der Waals surface area contributed by atoms with Gasteiger partial charge in [0.05, 0.1) is 0 Å². The number of carbonyl (C=O) groups is 1. The summed E-state index contributed by atoms with van der Waals surface area (Å²) in [4.78, 5) is 13.9. The van der Waals surface area contributed by atoms with Crippen molar-refractivity contribution in [1.82, 2.24) is 4.90 Å². The quantitative estimate of drug-likeness (QED) is 0.777. The predicted octanol–water partition coefficient (Wildman–Crippen LogP) is 3.07. The second-order valence-corrected chi connectivity index (χ2v) is 5.78. The lowest BCUT2D eigenvalue weighted by molar-refractivity contribution is -0.133. The van der Waals surface area contributed by atoms with E-state index < -0.39 is 0 Å². The van der Waals surface area contributed by atoms with Crippen LogP contribution in [-0.4, -0.2) is 30.5 Å². The first-order valence-electron chi connectivity index (χ1n) is 6.42. The molecular formula is C14H18INO2. The Bertz CT molecular complexity index is 383. The van der Waals surface area contributed by atoms with Crippen LogP contribution in [-0.2, 0) is 4.79 Å². The zero-order valence-corrected chi connectivity index (χ0v) is 12.6. The van der Waals surface area contributed by atoms with E-state index in [4.69, 9.17) is 4.74 Å². The molecule has 2 rings (SSSR count). The summed E-state index contributed by atoms with van der Waals surface area (Å²) < 4.78 is 6.69. The van der Waals surface area contributed by atoms with Gasteiger partial charge in [0, 0.05) is 16.7 Å². The average molecular weight is 359 g/mol. The van der Waals surface area contributed by atoms with Crippen LogP contribution in [0.1, 0.15) is 25.7 Å². The van der Waals surface area contributed by atoms with Crippen LogP contribution >= 0.6 is 22.6 Å². The molecule has 1 aromatic rings. The van der Waals surface area contributed by atoms with Gasteiger partial charge in [-0.1, -0.05) is 12.8 Å². The van der Waals surface area contributed by atoms with Gasteiger partial charge in [0.1, 0.15) is 5.75 Å². The van der Waals surface area contributed by atoms with Crippen LogP contribution in [0.3, 0.4) is 0 Å². The van der Waals surface area contributed by atoms with Gasteiger partial charge >= 0.3 is 0 Å². The summed E-state index contributed by atoms with van der Waals surface area (Å²) in [6.45, 7) is 1.92. The molecule has 18 heavy (non-hydrogen) atoms. The lowest BCUT2D eigenvalue weighted by Crippen LogP contribution is -2.35. The Kier molecular flexibility index (Phi) is 5.28. The molecule has 1 fully saturated rings. The van der Waals surface area contributed by atoms with Crippen molar-refractivity contribution in [2.45, 2.75) is 25.7 Å². The minimum atomic E-state index is 0.107. The molecule has 4 heteroatoms. The molecule has 1 aromatic carbocycles. The molecule has 0 aliphatic carbocycles. The van der Waals surface area contributed by atoms with Gasteiger partial charge in [-0.05, 0) is 59.7 Å². The summed E-state index contributed by atoms with van der Waals surface area (Å²) in [6.07, 6.45) is 4.72. The van der Waals surface area contributed by atoms with E-state index in [1.165, 1.54) is 16.4 Å². The van der Waals surface area contributed by atoms with E-state index in [2.05, 4.69) is 22.6 Å². The minimum absolute atomic E-state index is 0.107. The Morgan fingerprint density at radius 1 is 1.11 bits per heavy atom. The van der Waals surface area contributed by atoms with Gasteiger partial charge < -0.3 is 9.64 Å². The molecule has 1 heterocycles. The van der Waals surface area contributed by atoms with Crippen LogP contribution in [0.15, 0.2) is 24.3 Å². The summed E-state index contributed by atoms with van der Waals surface area (Å²) >= 11 is 2.25. The summed E-state index contributed by atoms with van der Waals surface area (Å²) in [5.41, 5.74) is 0. The van der Waals surface area contributed by atoms with E-state index in [0.717, 1.165) is 31.7 Å². The molecule has 0 spiro atoms. The van der Waals surface area contributed by atoms with Crippen molar-refractivity contribution in [3.8, 4) is 5.75 Å². The summed E-state index contributed by atoms with van der Waals surface area (Å²) in [7, 11) is 0. The molecule has 0 unspecified atom stereocenters. The third kappa shape index (κ3) is 4.15. The Balaban J connectivity index is 1.81. The van der Waals surface area contributed by atoms with Crippen molar-refractivity contribution in [2.75, 3.05) is 19.7 Å². The molecule has 0 atom stereocenters. The summed E-state index contributed by atoms with van der Waals surface area (Å²) in [5, 5.41) is 0. The van der Waals surface area contributed by atoms with Crippen LogP contribution in [0.2, 0.25) is 0 Å². The topological polar surface area (TPSA) is 29.5 Å². The number of amides is 1. The molecule has 1 saturated heterocycles. The number of hydrogen-bond donors (Lipinski definition) is 0. The molecular weight excluding hydrogens is 341 g/mol. The Hall–Kier alpha value is -0.780. The third-order valence-electron chi connectivity index (χ3n) is 3.13. The van der Waals surface area contributed by atoms with E-state index in [9.17, 15) is 4.79 Å². The van der Waals surface area contributed by atoms with Gasteiger partial charge in [-0.3, -0.25) is 4.79 Å². The summed E-state index contributed by atoms with van der Waals surface area (Å²) in [6, 6.07) is 7.76. The van der Waals surface area contributed by atoms with Crippen molar-refractivity contribution in [2.24, 2.45) is 0 Å². The Morgan fingerprint density at radius 2 is 1.72 bits per heavy atom. The fourth-order valence-electron chi connectivity index (χ4n) is 2.09. The number of hydrogen-bond acceptors (Lipinski definition) is 2. The molecule has 0 N–H and O–H groups in total. The molecule has 0 radical (unpaired) electrons. The molecule has 1 amide bonds. The maximum absolute atomic E-state index is 12.0. The van der Waals surface area contributed by atoms with Crippen LogP contribution in [0, 0.1) is 3.57 Å². The van der Waals surface area contributed by atoms with E-state index in [1.54, 1.807) is 0 Å². The zero-order chi connectivity index (χ0) is 12.8. The first-order valence-corrected chi connectivity index (χ1v) is 7.50. The maximum Gasteiger partial charge on any atom is 0.260 e. The predicted molar refractivity (Wildman–Crippen MR) is 79.7 cm³/mol. The molecule has 1 aliphatic heterocycles. The number of likely N-dealkylation sites (tertiary alicyclic amines) is 1. The molecule has 0 aromatic heterocycles. The SMILES string of the molecule is O=C(COc1ccc(I)cc1)N1CCCCCC1. The highest BCUT2D eigenvalue weighted by Gasteiger charge is 2.15. The number of carbonyl (C=O) groups excluding carboxylic acids is 1. The zero-order valence-electron chi connectivity index (χ0n) is 10.4. The number of benzene rings is 1. The molecule has 3 nitrogen and oxygen atoms in total. The highest BCUT2D eigenvalue weighted by molar-refractivity contribution is 14.1. The third-order valence-corrected chi connectivity index (χ3v) is 3.85. The van der Waals surface area contributed by atoms with Crippen molar-refractivity contribution >= 4 is 28.5 Å².